The van der Waals surface area contributed by atoms with Crippen LogP contribution in [0.25, 0.3) is 0 Å². The molecule has 57 heavy (non-hydrogen) atoms. The van der Waals surface area contributed by atoms with Gasteiger partial charge < -0.3 is 64.9 Å². The van der Waals surface area contributed by atoms with Crippen molar-refractivity contribution in [2.45, 2.75) is 173 Å². The number of aliphatic hydroxyl groups excluding tert-OH is 8. The Bertz CT molecular complexity index is 1590. The van der Waals surface area contributed by atoms with E-state index in [1.54, 1.807) is 0 Å². The molecule has 0 bridgehead atoms. The number of carbonyl (C=O) groups excluding carboxylic acids is 1. The number of carboxylic acid groups (broad SMARTS) is 1. The number of hydrogen-bond donors (Lipinski definition) is 9. The molecule has 2 heterocycles. The van der Waals surface area contributed by atoms with Gasteiger partial charge in [-0.2, -0.15) is 0 Å². The Hall–Kier alpha value is -1.76. The number of aliphatic carboxylic acids is 1. The zero-order chi connectivity index (χ0) is 41.8. The summed E-state index contributed by atoms with van der Waals surface area (Å²) < 4.78 is 23.4. The molecule has 6 fully saturated rings. The van der Waals surface area contributed by atoms with Crippen LogP contribution in [0.5, 0.6) is 0 Å². The van der Waals surface area contributed by atoms with Gasteiger partial charge in [0, 0.05) is 5.41 Å². The fourth-order valence-electron chi connectivity index (χ4n) is 13.6. The van der Waals surface area contributed by atoms with Crippen LogP contribution in [-0.2, 0) is 28.5 Å². The number of ether oxygens (including phenoxy) is 4. The summed E-state index contributed by atoms with van der Waals surface area (Å²) in [6.07, 6.45) is -7.64. The van der Waals surface area contributed by atoms with E-state index in [4.69, 9.17) is 18.9 Å². The molecule has 0 radical (unpaired) electrons. The minimum absolute atomic E-state index is 0.0262. The highest BCUT2D eigenvalue weighted by Crippen LogP contribution is 2.76. The fourth-order valence-corrected chi connectivity index (χ4v) is 13.6. The highest BCUT2D eigenvalue weighted by Gasteiger charge is 2.70. The first-order valence-corrected chi connectivity index (χ1v) is 21.0. The van der Waals surface area contributed by atoms with E-state index in [1.165, 1.54) is 5.57 Å². The fraction of sp³-hybridized carbons (Fsp3) is 0.905. The lowest BCUT2D eigenvalue weighted by Crippen LogP contribution is -2.67. The summed E-state index contributed by atoms with van der Waals surface area (Å²) in [5.74, 6) is -1.98. The van der Waals surface area contributed by atoms with Crippen LogP contribution >= 0.6 is 0 Å². The van der Waals surface area contributed by atoms with Gasteiger partial charge in [0.2, 0.25) is 6.29 Å². The summed E-state index contributed by atoms with van der Waals surface area (Å²) in [6, 6.07) is 0. The number of carboxylic acids is 1. The monoisotopic (exact) mass is 810 g/mol. The van der Waals surface area contributed by atoms with Crippen molar-refractivity contribution in [3.05, 3.63) is 11.6 Å². The van der Waals surface area contributed by atoms with Gasteiger partial charge in [0.15, 0.2) is 12.4 Å². The van der Waals surface area contributed by atoms with Crippen molar-refractivity contribution < 1.29 is 74.5 Å². The molecule has 15 heteroatoms. The van der Waals surface area contributed by atoms with Gasteiger partial charge >= 0.3 is 11.9 Å². The first-order valence-electron chi connectivity index (χ1n) is 21.0. The third kappa shape index (κ3) is 6.39. The van der Waals surface area contributed by atoms with E-state index in [0.717, 1.165) is 38.5 Å². The Balaban J connectivity index is 1.17. The first-order chi connectivity index (χ1) is 26.5. The molecule has 0 aromatic carbocycles. The van der Waals surface area contributed by atoms with Gasteiger partial charge in [-0.05, 0) is 104 Å². The second-order valence-electron chi connectivity index (χ2n) is 20.5. The van der Waals surface area contributed by atoms with E-state index in [0.29, 0.717) is 25.7 Å². The second-order valence-corrected chi connectivity index (χ2v) is 20.5. The molecule has 9 N–H and O–H groups in total. The van der Waals surface area contributed by atoms with Gasteiger partial charge in [-0.3, -0.25) is 4.79 Å². The zero-order valence-electron chi connectivity index (χ0n) is 34.1. The van der Waals surface area contributed by atoms with Crippen molar-refractivity contribution in [3.63, 3.8) is 0 Å². The van der Waals surface area contributed by atoms with Crippen LogP contribution in [0.3, 0.4) is 0 Å². The standard InChI is InChI=1S/C42H66O15/c1-37(2)13-15-42(36(53)57-34-30(49)27(46)26(45)22(18-43)54-34)16-14-40(5)20(21(42)17-37)7-8-24-38(3)11-10-25(39(4,19-44)23(38)9-12-41(24,40)6)55-35-31(50)28(47)29(48)32(56-35)33(51)52/h7,21-32,34-35,43-50H,8-19H2,1-6H3,(H,51,52)/t21-,22+,23+,24+,25-,26+,27-,28-,29-,30+,31+,32-,34-,35+,38-,39+,40+,41+,42-/m0/s1. The largest absolute Gasteiger partial charge is 0.479 e. The number of carbonyl (C=O) groups is 2. The predicted octanol–water partition coefficient (Wildman–Crippen LogP) is 1.38. The molecular weight excluding hydrogens is 744 g/mol. The Morgan fingerprint density at radius 2 is 1.40 bits per heavy atom. The molecule has 0 aromatic heterocycles. The molecule has 0 spiro atoms. The molecule has 15 nitrogen and oxygen atoms in total. The van der Waals surface area contributed by atoms with Gasteiger partial charge in [-0.25, -0.2) is 4.79 Å². The number of fused-ring (bicyclic) bond motifs is 7. The molecule has 19 atom stereocenters. The highest BCUT2D eigenvalue weighted by molar-refractivity contribution is 5.79. The van der Waals surface area contributed by atoms with E-state index in [9.17, 15) is 55.5 Å². The molecule has 0 amide bonds. The van der Waals surface area contributed by atoms with Gasteiger partial charge in [0.25, 0.3) is 0 Å². The maximum absolute atomic E-state index is 14.6. The lowest BCUT2D eigenvalue weighted by Gasteiger charge is -2.71. The van der Waals surface area contributed by atoms with Crippen LogP contribution in [0.4, 0.5) is 0 Å². The molecule has 7 aliphatic rings. The van der Waals surface area contributed by atoms with Gasteiger partial charge in [0.1, 0.15) is 42.7 Å². The number of allylic oxidation sites excluding steroid dienone is 2. The third-order valence-corrected chi connectivity index (χ3v) is 17.3. The summed E-state index contributed by atoms with van der Waals surface area (Å²) in [5.41, 5.74) is -1.27. The Morgan fingerprint density at radius 3 is 2.05 bits per heavy atom. The molecule has 0 aromatic rings. The molecule has 5 aliphatic carbocycles. The SMILES string of the molecule is CC1(C)CC[C@]2(C(=O)O[C@@H]3O[C@H](CO)[C@@H](O)[C@H](O)[C@H]3O)CC[C@]3(C)C(=CC[C@@H]4[C@@]5(C)CC[C@H](O[C@@H]6O[C@H](C(=O)O)[C@@H](O)[C@H](O)[C@H]6O)[C@](C)(CO)[C@@H]5CC[C@]43C)[C@@H]2C1. The van der Waals surface area contributed by atoms with E-state index < -0.39 is 96.9 Å². The topological polar surface area (TPSA) is 253 Å². The van der Waals surface area contributed by atoms with Crippen molar-refractivity contribution in [1.29, 1.82) is 0 Å². The minimum atomic E-state index is -1.84. The number of aliphatic hydroxyl groups is 8. The summed E-state index contributed by atoms with van der Waals surface area (Å²) in [7, 11) is 0. The molecule has 7 rings (SSSR count). The van der Waals surface area contributed by atoms with Gasteiger partial charge in [0.05, 0.1) is 24.7 Å². The van der Waals surface area contributed by atoms with Gasteiger partial charge in [-0.1, -0.05) is 53.2 Å². The van der Waals surface area contributed by atoms with E-state index in [-0.39, 0.29) is 46.0 Å². The van der Waals surface area contributed by atoms with Crippen molar-refractivity contribution in [1.82, 2.24) is 0 Å². The average molecular weight is 811 g/mol. The first kappa shape index (κ1) is 43.3. The summed E-state index contributed by atoms with van der Waals surface area (Å²) in [4.78, 5) is 26.4. The summed E-state index contributed by atoms with van der Waals surface area (Å²) in [6.45, 7) is 12.6. The summed E-state index contributed by atoms with van der Waals surface area (Å²) >= 11 is 0. The Morgan fingerprint density at radius 1 is 0.754 bits per heavy atom. The molecule has 2 saturated heterocycles. The lowest BCUT2D eigenvalue weighted by atomic mass is 9.33. The smallest absolute Gasteiger partial charge is 0.335 e. The molecule has 0 unspecified atom stereocenters. The zero-order valence-corrected chi connectivity index (χ0v) is 34.1. The minimum Gasteiger partial charge on any atom is -0.479 e. The predicted molar refractivity (Wildman–Crippen MR) is 200 cm³/mol. The summed E-state index contributed by atoms with van der Waals surface area (Å²) in [5, 5.41) is 93.6. The van der Waals surface area contributed by atoms with E-state index in [2.05, 4.69) is 40.7 Å². The Labute approximate surface area is 334 Å². The second kappa shape index (κ2) is 14.7. The number of hydrogen-bond acceptors (Lipinski definition) is 14. The molecule has 4 saturated carbocycles. The maximum Gasteiger partial charge on any atom is 0.335 e. The Kier molecular flexibility index (Phi) is 11.2. The van der Waals surface area contributed by atoms with Crippen LogP contribution in [0.2, 0.25) is 0 Å². The molecule has 2 aliphatic heterocycles. The quantitative estimate of drug-likeness (QED) is 0.100. The van der Waals surface area contributed by atoms with Crippen LogP contribution in [0, 0.1) is 50.2 Å². The van der Waals surface area contributed by atoms with Crippen LogP contribution in [0.15, 0.2) is 11.6 Å². The van der Waals surface area contributed by atoms with Crippen LogP contribution in [-0.4, -0.2) is 139 Å². The van der Waals surface area contributed by atoms with Crippen molar-refractivity contribution in [2.75, 3.05) is 13.2 Å². The molecular formula is C42H66O15. The number of esters is 1. The average Bonchev–Trinajstić information content (AvgIpc) is 3.16. The highest BCUT2D eigenvalue weighted by atomic mass is 16.7. The molecule has 324 valence electrons. The van der Waals surface area contributed by atoms with Crippen molar-refractivity contribution >= 4 is 11.9 Å². The normalized spacial score (nSPS) is 53.3. The van der Waals surface area contributed by atoms with Crippen LogP contribution in [0.1, 0.15) is 106 Å². The van der Waals surface area contributed by atoms with Crippen molar-refractivity contribution in [3.8, 4) is 0 Å². The lowest BCUT2D eigenvalue weighted by molar-refractivity contribution is -0.327. The third-order valence-electron chi connectivity index (χ3n) is 17.3. The van der Waals surface area contributed by atoms with Crippen LogP contribution < -0.4 is 0 Å². The van der Waals surface area contributed by atoms with Gasteiger partial charge in [-0.15, -0.1) is 0 Å². The number of rotatable bonds is 7. The maximum atomic E-state index is 14.6. The van der Waals surface area contributed by atoms with Crippen molar-refractivity contribution in [2.24, 2.45) is 50.2 Å². The van der Waals surface area contributed by atoms with E-state index >= 15 is 0 Å². The van der Waals surface area contributed by atoms with E-state index in [1.807, 2.05) is 6.92 Å².